The summed E-state index contributed by atoms with van der Waals surface area (Å²) in [5, 5.41) is 13.2. The van der Waals surface area contributed by atoms with E-state index in [0.717, 1.165) is 11.3 Å². The van der Waals surface area contributed by atoms with Crippen molar-refractivity contribution in [2.75, 3.05) is 18.2 Å². The van der Waals surface area contributed by atoms with Crippen LogP contribution in [0.1, 0.15) is 30.4 Å². The molecule has 8 heteroatoms. The number of aromatic nitrogens is 2. The van der Waals surface area contributed by atoms with E-state index in [2.05, 4.69) is 10.3 Å². The minimum absolute atomic E-state index is 0.00690. The predicted octanol–water partition coefficient (Wildman–Crippen LogP) is 2.08. The van der Waals surface area contributed by atoms with Gasteiger partial charge in [0.05, 0.1) is 12.7 Å². The van der Waals surface area contributed by atoms with Gasteiger partial charge in [-0.3, -0.25) is 9.59 Å². The van der Waals surface area contributed by atoms with Crippen molar-refractivity contribution in [2.45, 2.75) is 24.4 Å². The molecule has 0 aliphatic carbocycles. The summed E-state index contributed by atoms with van der Waals surface area (Å²) in [6, 6.07) is 4.84. The number of benzene rings is 1. The second-order valence-electron chi connectivity index (χ2n) is 5.69. The lowest BCUT2D eigenvalue weighted by molar-refractivity contribution is -0.116. The summed E-state index contributed by atoms with van der Waals surface area (Å²) in [5.41, 5.74) is 0.830. The van der Waals surface area contributed by atoms with Gasteiger partial charge in [-0.25, -0.2) is 0 Å². The fraction of sp³-hybridized carbons (Fsp3) is 0.353. The lowest BCUT2D eigenvalue weighted by Crippen LogP contribution is -2.33. The van der Waals surface area contributed by atoms with Gasteiger partial charge in [0.2, 0.25) is 5.91 Å². The number of nitrogens with zero attached hydrogens (tertiary/aromatic N) is 2. The first-order chi connectivity index (χ1) is 12.0. The number of aromatic hydroxyl groups is 1. The standard InChI is InChI=1S/C17H19N3O4S/c1-4-25-17-19-16(23)14-10(8-13(22)18-15(14)20(17)2)9-5-6-11(21)12(7-9)24-3/h5-7,10,21H,4,8H2,1-3H3,(H,18,22). The molecule has 1 aromatic heterocycles. The van der Waals surface area contributed by atoms with Crippen molar-refractivity contribution < 1.29 is 14.6 Å². The molecule has 2 aromatic rings. The van der Waals surface area contributed by atoms with E-state index in [1.165, 1.54) is 24.9 Å². The molecule has 1 amide bonds. The van der Waals surface area contributed by atoms with E-state index in [9.17, 15) is 14.7 Å². The van der Waals surface area contributed by atoms with Gasteiger partial charge in [-0.1, -0.05) is 24.8 Å². The quantitative estimate of drug-likeness (QED) is 0.640. The summed E-state index contributed by atoms with van der Waals surface area (Å²) in [7, 11) is 3.23. The van der Waals surface area contributed by atoms with E-state index in [1.54, 1.807) is 23.7 Å². The van der Waals surface area contributed by atoms with E-state index in [1.807, 2.05) is 6.92 Å². The van der Waals surface area contributed by atoms with Crippen LogP contribution in [-0.4, -0.2) is 33.4 Å². The number of hydrogen-bond acceptors (Lipinski definition) is 6. The first-order valence-electron chi connectivity index (χ1n) is 7.86. The maximum absolute atomic E-state index is 12.7. The molecule has 25 heavy (non-hydrogen) atoms. The lowest BCUT2D eigenvalue weighted by atomic mass is 9.86. The normalized spacial score (nSPS) is 16.3. The predicted molar refractivity (Wildman–Crippen MR) is 95.6 cm³/mol. The Morgan fingerprint density at radius 3 is 2.88 bits per heavy atom. The summed E-state index contributed by atoms with van der Waals surface area (Å²) in [4.78, 5) is 29.1. The number of rotatable bonds is 4. The third-order valence-corrected chi connectivity index (χ3v) is 5.09. The third kappa shape index (κ3) is 3.09. The van der Waals surface area contributed by atoms with E-state index < -0.39 is 5.92 Å². The van der Waals surface area contributed by atoms with Crippen molar-refractivity contribution in [2.24, 2.45) is 7.05 Å². The first kappa shape index (κ1) is 17.3. The van der Waals surface area contributed by atoms with Crippen LogP contribution >= 0.6 is 11.8 Å². The fourth-order valence-corrected chi connectivity index (χ4v) is 3.68. The molecule has 0 spiro atoms. The molecule has 1 aromatic carbocycles. The van der Waals surface area contributed by atoms with Crippen LogP contribution in [0.5, 0.6) is 11.5 Å². The van der Waals surface area contributed by atoms with Gasteiger partial charge in [0, 0.05) is 19.4 Å². The van der Waals surface area contributed by atoms with Crippen LogP contribution in [0.15, 0.2) is 28.2 Å². The van der Waals surface area contributed by atoms with E-state index in [4.69, 9.17) is 4.74 Å². The summed E-state index contributed by atoms with van der Waals surface area (Å²) < 4.78 is 6.89. The highest BCUT2D eigenvalue weighted by molar-refractivity contribution is 7.99. The van der Waals surface area contributed by atoms with Gasteiger partial charge in [-0.05, 0) is 23.4 Å². The second kappa shape index (κ2) is 6.79. The zero-order valence-electron chi connectivity index (χ0n) is 14.2. The van der Waals surface area contributed by atoms with Gasteiger partial charge < -0.3 is 19.7 Å². The van der Waals surface area contributed by atoms with Crippen LogP contribution in [0.25, 0.3) is 0 Å². The van der Waals surface area contributed by atoms with Crippen molar-refractivity contribution in [3.63, 3.8) is 0 Å². The molecule has 0 radical (unpaired) electrons. The lowest BCUT2D eigenvalue weighted by Gasteiger charge is -2.27. The Morgan fingerprint density at radius 1 is 1.44 bits per heavy atom. The Balaban J connectivity index is 2.18. The minimum atomic E-state index is -0.440. The summed E-state index contributed by atoms with van der Waals surface area (Å²) in [5.74, 6) is 0.944. The monoisotopic (exact) mass is 361 g/mol. The molecular formula is C17H19N3O4S. The zero-order valence-corrected chi connectivity index (χ0v) is 15.0. The second-order valence-corrected chi connectivity index (χ2v) is 6.92. The SMILES string of the molecule is CCSc1nc(=O)c2c(n1C)NC(=O)CC2c1ccc(O)c(OC)c1. The van der Waals surface area contributed by atoms with Crippen molar-refractivity contribution in [3.8, 4) is 11.5 Å². The van der Waals surface area contributed by atoms with Gasteiger partial charge in [-0.15, -0.1) is 0 Å². The summed E-state index contributed by atoms with van der Waals surface area (Å²) in [6.07, 6.45) is 0.137. The van der Waals surface area contributed by atoms with Crippen molar-refractivity contribution in [1.82, 2.24) is 9.55 Å². The number of thioether (sulfide) groups is 1. The number of fused-ring (bicyclic) bond motifs is 1. The summed E-state index contributed by atoms with van der Waals surface area (Å²) >= 11 is 1.44. The van der Waals surface area contributed by atoms with Crippen molar-refractivity contribution >= 4 is 23.5 Å². The van der Waals surface area contributed by atoms with Gasteiger partial charge in [0.15, 0.2) is 16.7 Å². The molecule has 0 fully saturated rings. The maximum Gasteiger partial charge on any atom is 0.279 e. The fourth-order valence-electron chi connectivity index (χ4n) is 2.99. The van der Waals surface area contributed by atoms with E-state index >= 15 is 0 Å². The van der Waals surface area contributed by atoms with Gasteiger partial charge in [-0.2, -0.15) is 4.98 Å². The molecule has 1 aliphatic rings. The molecule has 1 aliphatic heterocycles. The van der Waals surface area contributed by atoms with E-state index in [-0.39, 0.29) is 23.6 Å². The number of anilines is 1. The molecule has 1 unspecified atom stereocenters. The number of ether oxygens (including phenoxy) is 1. The van der Waals surface area contributed by atoms with Crippen LogP contribution in [0.3, 0.4) is 0 Å². The number of amides is 1. The van der Waals surface area contributed by atoms with Crippen LogP contribution in [0, 0.1) is 0 Å². The molecular weight excluding hydrogens is 342 g/mol. The Labute approximate surface area is 149 Å². The largest absolute Gasteiger partial charge is 0.504 e. The van der Waals surface area contributed by atoms with Gasteiger partial charge in [0.1, 0.15) is 5.82 Å². The van der Waals surface area contributed by atoms with Crippen LogP contribution < -0.4 is 15.6 Å². The number of methoxy groups -OCH3 is 1. The molecule has 132 valence electrons. The van der Waals surface area contributed by atoms with Crippen LogP contribution in [0.4, 0.5) is 5.82 Å². The average Bonchev–Trinajstić information content (AvgIpc) is 2.59. The van der Waals surface area contributed by atoms with Crippen molar-refractivity contribution in [3.05, 3.63) is 39.7 Å². The molecule has 0 saturated heterocycles. The number of carbonyl (C=O) groups excluding carboxylic acids is 1. The Morgan fingerprint density at radius 2 is 2.20 bits per heavy atom. The highest BCUT2D eigenvalue weighted by atomic mass is 32.2. The van der Waals surface area contributed by atoms with Crippen LogP contribution in [0.2, 0.25) is 0 Å². The Kier molecular flexibility index (Phi) is 4.71. The molecule has 2 N–H and O–H groups in total. The average molecular weight is 361 g/mol. The molecule has 2 heterocycles. The van der Waals surface area contributed by atoms with Crippen molar-refractivity contribution in [1.29, 1.82) is 0 Å². The molecule has 0 saturated carbocycles. The smallest absolute Gasteiger partial charge is 0.279 e. The summed E-state index contributed by atoms with van der Waals surface area (Å²) in [6.45, 7) is 1.97. The Hall–Kier alpha value is -2.48. The third-order valence-electron chi connectivity index (χ3n) is 4.18. The van der Waals surface area contributed by atoms with E-state index in [0.29, 0.717) is 22.3 Å². The molecule has 3 rings (SSSR count). The molecule has 0 bridgehead atoms. The number of nitrogens with one attached hydrogen (secondary N) is 1. The first-order valence-corrected chi connectivity index (χ1v) is 8.85. The van der Waals surface area contributed by atoms with Crippen LogP contribution in [-0.2, 0) is 11.8 Å². The highest BCUT2D eigenvalue weighted by Gasteiger charge is 2.32. The topological polar surface area (TPSA) is 93.5 Å². The Bertz CT molecular complexity index is 894. The van der Waals surface area contributed by atoms with Gasteiger partial charge >= 0.3 is 0 Å². The number of phenolic OH excluding ortho intramolecular Hbond substituents is 1. The minimum Gasteiger partial charge on any atom is -0.504 e. The number of carbonyl (C=O) groups is 1. The number of hydrogen-bond donors (Lipinski definition) is 2. The molecule has 1 atom stereocenters. The maximum atomic E-state index is 12.7. The molecule has 7 nitrogen and oxygen atoms in total. The zero-order chi connectivity index (χ0) is 18.1. The highest BCUT2D eigenvalue weighted by Crippen LogP contribution is 2.38. The number of phenols is 1. The van der Waals surface area contributed by atoms with Gasteiger partial charge in [0.25, 0.3) is 5.56 Å².